The first-order valence-corrected chi connectivity index (χ1v) is 6.33. The number of hydrogen-bond acceptors (Lipinski definition) is 3. The number of amides is 1. The molecule has 0 bridgehead atoms. The number of hydrogen-bond donors (Lipinski definition) is 2. The van der Waals surface area contributed by atoms with Crippen LogP contribution in [0.15, 0.2) is 24.3 Å². The van der Waals surface area contributed by atoms with Gasteiger partial charge in [0.2, 0.25) is 0 Å². The zero-order chi connectivity index (χ0) is 14.1. The predicted octanol–water partition coefficient (Wildman–Crippen LogP) is 1.09. The smallest absolute Gasteiger partial charge is 0.258 e. The van der Waals surface area contributed by atoms with Gasteiger partial charge in [-0.15, -0.1) is 6.42 Å². The third-order valence-corrected chi connectivity index (χ3v) is 2.73. The molecule has 0 saturated heterocycles. The quantitative estimate of drug-likeness (QED) is 0.721. The average molecular weight is 260 g/mol. The Labute approximate surface area is 114 Å². The summed E-state index contributed by atoms with van der Waals surface area (Å²) in [5.74, 6) is 2.81. The van der Waals surface area contributed by atoms with E-state index in [1.807, 2.05) is 31.2 Å². The number of carbonyl (C=O) groups excluding carboxylic acids is 1. The van der Waals surface area contributed by atoms with Gasteiger partial charge in [0.1, 0.15) is 5.75 Å². The standard InChI is InChI=1S/C15H20N2O2/c1-3-9-17-15(18)11-19-14-8-6-5-7-12(14)10-13(16)4-2/h1,5-8,13H,4,9-11,16H2,2H3,(H,17,18). The summed E-state index contributed by atoms with van der Waals surface area (Å²) in [6.45, 7) is 2.21. The lowest BCUT2D eigenvalue weighted by Crippen LogP contribution is -2.29. The van der Waals surface area contributed by atoms with E-state index in [-0.39, 0.29) is 25.1 Å². The molecule has 1 aromatic rings. The fraction of sp³-hybridized carbons (Fsp3) is 0.400. The second-order valence-corrected chi connectivity index (χ2v) is 4.25. The maximum Gasteiger partial charge on any atom is 0.258 e. The van der Waals surface area contributed by atoms with Crippen LogP contribution in [-0.2, 0) is 11.2 Å². The second kappa shape index (κ2) is 8.17. The van der Waals surface area contributed by atoms with E-state index in [9.17, 15) is 4.79 Å². The molecule has 1 aromatic carbocycles. The van der Waals surface area contributed by atoms with E-state index in [4.69, 9.17) is 16.9 Å². The molecule has 0 radical (unpaired) electrons. The molecule has 4 heteroatoms. The van der Waals surface area contributed by atoms with Crippen molar-refractivity contribution in [3.05, 3.63) is 29.8 Å². The van der Waals surface area contributed by atoms with E-state index in [0.717, 1.165) is 18.4 Å². The zero-order valence-electron chi connectivity index (χ0n) is 11.2. The monoisotopic (exact) mass is 260 g/mol. The Bertz CT molecular complexity index is 452. The zero-order valence-corrected chi connectivity index (χ0v) is 11.2. The fourth-order valence-electron chi connectivity index (χ4n) is 1.58. The van der Waals surface area contributed by atoms with E-state index in [2.05, 4.69) is 11.2 Å². The van der Waals surface area contributed by atoms with Crippen molar-refractivity contribution < 1.29 is 9.53 Å². The molecule has 1 rings (SSSR count). The Hall–Kier alpha value is -1.99. The van der Waals surface area contributed by atoms with Crippen LogP contribution in [0.3, 0.4) is 0 Å². The third kappa shape index (κ3) is 5.45. The van der Waals surface area contributed by atoms with E-state index < -0.39 is 0 Å². The summed E-state index contributed by atoms with van der Waals surface area (Å²) in [7, 11) is 0. The summed E-state index contributed by atoms with van der Waals surface area (Å²) >= 11 is 0. The summed E-state index contributed by atoms with van der Waals surface area (Å²) in [4.78, 5) is 11.4. The Kier molecular flexibility index (Phi) is 6.48. The van der Waals surface area contributed by atoms with E-state index in [1.165, 1.54) is 0 Å². The number of carbonyl (C=O) groups is 1. The van der Waals surface area contributed by atoms with E-state index in [1.54, 1.807) is 0 Å². The molecule has 4 nitrogen and oxygen atoms in total. The lowest BCUT2D eigenvalue weighted by molar-refractivity contribution is -0.122. The van der Waals surface area contributed by atoms with Crippen LogP contribution in [-0.4, -0.2) is 25.1 Å². The Morgan fingerprint density at radius 3 is 2.95 bits per heavy atom. The molecule has 0 aliphatic rings. The van der Waals surface area contributed by atoms with Crippen LogP contribution >= 0.6 is 0 Å². The summed E-state index contributed by atoms with van der Waals surface area (Å²) in [6.07, 6.45) is 6.69. The summed E-state index contributed by atoms with van der Waals surface area (Å²) < 4.78 is 5.51. The van der Waals surface area contributed by atoms with Crippen molar-refractivity contribution in [3.8, 4) is 18.1 Å². The second-order valence-electron chi connectivity index (χ2n) is 4.25. The molecule has 1 atom stereocenters. The molecular formula is C15H20N2O2. The molecule has 0 heterocycles. The Morgan fingerprint density at radius 1 is 1.53 bits per heavy atom. The number of nitrogens with one attached hydrogen (secondary N) is 1. The van der Waals surface area contributed by atoms with Crippen LogP contribution in [0.4, 0.5) is 0 Å². The number of ether oxygens (including phenoxy) is 1. The van der Waals surface area contributed by atoms with Gasteiger partial charge in [-0.2, -0.15) is 0 Å². The minimum absolute atomic E-state index is 0.0416. The highest BCUT2D eigenvalue weighted by Crippen LogP contribution is 2.19. The van der Waals surface area contributed by atoms with Crippen molar-refractivity contribution >= 4 is 5.91 Å². The first-order valence-electron chi connectivity index (χ1n) is 6.33. The first kappa shape index (κ1) is 15.1. The van der Waals surface area contributed by atoms with Crippen molar-refractivity contribution in [3.63, 3.8) is 0 Å². The molecule has 0 fully saturated rings. The van der Waals surface area contributed by atoms with Gasteiger partial charge in [-0.05, 0) is 24.5 Å². The molecule has 0 saturated carbocycles. The molecule has 0 aliphatic heterocycles. The van der Waals surface area contributed by atoms with E-state index in [0.29, 0.717) is 5.75 Å². The molecule has 3 N–H and O–H groups in total. The number of terminal acetylenes is 1. The molecule has 0 spiro atoms. The van der Waals surface area contributed by atoms with Crippen LogP contribution in [0.1, 0.15) is 18.9 Å². The van der Waals surface area contributed by atoms with Crippen LogP contribution in [0.5, 0.6) is 5.75 Å². The van der Waals surface area contributed by atoms with Gasteiger partial charge in [-0.25, -0.2) is 0 Å². The molecule has 19 heavy (non-hydrogen) atoms. The highest BCUT2D eigenvalue weighted by molar-refractivity contribution is 5.77. The first-order chi connectivity index (χ1) is 9.17. The highest BCUT2D eigenvalue weighted by atomic mass is 16.5. The minimum atomic E-state index is -0.229. The van der Waals surface area contributed by atoms with Gasteiger partial charge in [0.05, 0.1) is 6.54 Å². The van der Waals surface area contributed by atoms with Crippen molar-refractivity contribution in [1.82, 2.24) is 5.32 Å². The normalized spacial score (nSPS) is 11.4. The van der Waals surface area contributed by atoms with Gasteiger partial charge in [0.25, 0.3) is 5.91 Å². The summed E-state index contributed by atoms with van der Waals surface area (Å²) in [5.41, 5.74) is 6.95. The van der Waals surface area contributed by atoms with Gasteiger partial charge in [-0.3, -0.25) is 4.79 Å². The molecule has 0 aromatic heterocycles. The average Bonchev–Trinajstić information content (AvgIpc) is 2.44. The summed E-state index contributed by atoms with van der Waals surface area (Å²) in [5, 5.41) is 2.55. The number of para-hydroxylation sites is 1. The van der Waals surface area contributed by atoms with Crippen molar-refractivity contribution in [1.29, 1.82) is 0 Å². The molecule has 102 valence electrons. The molecule has 0 aliphatic carbocycles. The van der Waals surface area contributed by atoms with Crippen molar-refractivity contribution in [2.45, 2.75) is 25.8 Å². The largest absolute Gasteiger partial charge is 0.483 e. The summed E-state index contributed by atoms with van der Waals surface area (Å²) in [6, 6.07) is 7.70. The van der Waals surface area contributed by atoms with Crippen LogP contribution < -0.4 is 15.8 Å². The molecule has 1 amide bonds. The van der Waals surface area contributed by atoms with Crippen LogP contribution in [0, 0.1) is 12.3 Å². The lowest BCUT2D eigenvalue weighted by atomic mass is 10.0. The van der Waals surface area contributed by atoms with Gasteiger partial charge >= 0.3 is 0 Å². The van der Waals surface area contributed by atoms with Crippen LogP contribution in [0.25, 0.3) is 0 Å². The van der Waals surface area contributed by atoms with Gasteiger partial charge in [0.15, 0.2) is 6.61 Å². The lowest BCUT2D eigenvalue weighted by Gasteiger charge is -2.14. The Morgan fingerprint density at radius 2 is 2.26 bits per heavy atom. The third-order valence-electron chi connectivity index (χ3n) is 2.73. The highest BCUT2D eigenvalue weighted by Gasteiger charge is 2.08. The minimum Gasteiger partial charge on any atom is -0.483 e. The van der Waals surface area contributed by atoms with E-state index >= 15 is 0 Å². The SMILES string of the molecule is C#CCNC(=O)COc1ccccc1CC(N)CC. The maximum atomic E-state index is 11.4. The fourth-order valence-corrected chi connectivity index (χ4v) is 1.58. The molecular weight excluding hydrogens is 240 g/mol. The van der Waals surface area contributed by atoms with Gasteiger partial charge < -0.3 is 15.8 Å². The number of rotatable bonds is 7. The van der Waals surface area contributed by atoms with Crippen molar-refractivity contribution in [2.75, 3.05) is 13.2 Å². The topological polar surface area (TPSA) is 64.3 Å². The molecule has 1 unspecified atom stereocenters. The number of benzene rings is 1. The van der Waals surface area contributed by atoms with Gasteiger partial charge in [0, 0.05) is 6.04 Å². The number of nitrogens with two attached hydrogens (primary N) is 1. The maximum absolute atomic E-state index is 11.4. The van der Waals surface area contributed by atoms with Gasteiger partial charge in [-0.1, -0.05) is 31.0 Å². The van der Waals surface area contributed by atoms with Crippen molar-refractivity contribution in [2.24, 2.45) is 5.73 Å². The Balaban J connectivity index is 2.58. The van der Waals surface area contributed by atoms with Crippen LogP contribution in [0.2, 0.25) is 0 Å². The predicted molar refractivity (Wildman–Crippen MR) is 75.8 cm³/mol.